The van der Waals surface area contributed by atoms with Crippen molar-refractivity contribution in [3.8, 4) is 23.1 Å². The predicted octanol–water partition coefficient (Wildman–Crippen LogP) is 5.31. The third kappa shape index (κ3) is 5.72. The molecule has 0 saturated heterocycles. The summed E-state index contributed by atoms with van der Waals surface area (Å²) >= 11 is 0. The molecule has 0 aliphatic carbocycles. The Hall–Kier alpha value is -3.68. The molecular weight excluding hydrogens is 418 g/mol. The summed E-state index contributed by atoms with van der Waals surface area (Å²) in [4.78, 5) is 18.2. The van der Waals surface area contributed by atoms with E-state index in [1.165, 1.54) is 37.3 Å². The van der Waals surface area contributed by atoms with Gasteiger partial charge in [0.05, 0.1) is 26.9 Å². The number of pyridine rings is 1. The van der Waals surface area contributed by atoms with Crippen LogP contribution in [-0.4, -0.2) is 31.3 Å². The van der Waals surface area contributed by atoms with Crippen molar-refractivity contribution in [3.05, 3.63) is 72.2 Å². The van der Waals surface area contributed by atoms with Crippen LogP contribution in [0.2, 0.25) is 0 Å². The zero-order valence-corrected chi connectivity index (χ0v) is 17.9. The van der Waals surface area contributed by atoms with Crippen molar-refractivity contribution < 1.29 is 27.8 Å². The minimum absolute atomic E-state index is 0.00687. The molecule has 3 aromatic rings. The number of benzene rings is 2. The molecule has 8 heteroatoms. The van der Waals surface area contributed by atoms with Crippen molar-refractivity contribution in [2.75, 3.05) is 25.3 Å². The number of ether oxygens (including phenoxy) is 3. The number of hydrogen-bond donors (Lipinski definition) is 0. The van der Waals surface area contributed by atoms with E-state index in [0.29, 0.717) is 22.7 Å². The molecule has 0 fully saturated rings. The summed E-state index contributed by atoms with van der Waals surface area (Å²) in [6.45, 7) is 1.22. The Morgan fingerprint density at radius 1 is 1.09 bits per heavy atom. The number of nitrogens with zero attached hydrogens (tertiary/aromatic N) is 2. The number of hydrogen-bond acceptors (Lipinski definition) is 5. The van der Waals surface area contributed by atoms with Crippen molar-refractivity contribution in [2.24, 2.45) is 0 Å². The van der Waals surface area contributed by atoms with Crippen LogP contribution in [0.5, 0.6) is 23.1 Å². The molecule has 0 spiro atoms. The van der Waals surface area contributed by atoms with Gasteiger partial charge in [0.15, 0.2) is 11.6 Å². The Morgan fingerprint density at radius 2 is 1.91 bits per heavy atom. The molecule has 1 heterocycles. The van der Waals surface area contributed by atoms with Crippen molar-refractivity contribution in [1.29, 1.82) is 0 Å². The zero-order valence-electron chi connectivity index (χ0n) is 17.9. The second kappa shape index (κ2) is 11.1. The molecule has 3 rings (SSSR count). The van der Waals surface area contributed by atoms with Crippen LogP contribution in [0, 0.1) is 5.82 Å². The van der Waals surface area contributed by atoms with E-state index in [1.54, 1.807) is 42.5 Å². The number of halogens is 2. The number of para-hydroxylation sites is 1. The highest BCUT2D eigenvalue weighted by molar-refractivity contribution is 5.92. The van der Waals surface area contributed by atoms with Gasteiger partial charge in [0, 0.05) is 25.1 Å². The second-order valence-corrected chi connectivity index (χ2v) is 6.83. The molecule has 0 saturated carbocycles. The fraction of sp³-hybridized carbons (Fsp3) is 0.250. The molecule has 32 heavy (non-hydrogen) atoms. The van der Waals surface area contributed by atoms with E-state index in [-0.39, 0.29) is 37.1 Å². The third-order valence-electron chi connectivity index (χ3n) is 4.60. The van der Waals surface area contributed by atoms with Gasteiger partial charge in [-0.05, 0) is 42.5 Å². The zero-order chi connectivity index (χ0) is 22.9. The normalized spacial score (nSPS) is 10.5. The first kappa shape index (κ1) is 23.0. The van der Waals surface area contributed by atoms with Gasteiger partial charge in [0.25, 0.3) is 0 Å². The SMILES string of the molecule is COc1ccc(OCCCF)c(CN(C(C)=O)c2cccnc2Oc2ccccc2F)c1. The second-order valence-electron chi connectivity index (χ2n) is 6.83. The smallest absolute Gasteiger partial charge is 0.243 e. The number of methoxy groups -OCH3 is 1. The summed E-state index contributed by atoms with van der Waals surface area (Å²) < 4.78 is 43.3. The summed E-state index contributed by atoms with van der Waals surface area (Å²) in [6.07, 6.45) is 1.75. The van der Waals surface area contributed by atoms with Crippen LogP contribution in [-0.2, 0) is 11.3 Å². The Morgan fingerprint density at radius 3 is 2.62 bits per heavy atom. The van der Waals surface area contributed by atoms with E-state index < -0.39 is 12.5 Å². The molecule has 2 aromatic carbocycles. The average Bonchev–Trinajstić information content (AvgIpc) is 2.80. The van der Waals surface area contributed by atoms with Gasteiger partial charge in [-0.15, -0.1) is 0 Å². The molecule has 0 radical (unpaired) electrons. The van der Waals surface area contributed by atoms with Gasteiger partial charge < -0.3 is 19.1 Å². The van der Waals surface area contributed by atoms with Crippen LogP contribution in [0.1, 0.15) is 18.9 Å². The van der Waals surface area contributed by atoms with Crippen molar-refractivity contribution in [1.82, 2.24) is 4.98 Å². The van der Waals surface area contributed by atoms with Gasteiger partial charge in [-0.25, -0.2) is 9.37 Å². The van der Waals surface area contributed by atoms with Crippen LogP contribution in [0.15, 0.2) is 60.8 Å². The lowest BCUT2D eigenvalue weighted by atomic mass is 10.1. The van der Waals surface area contributed by atoms with E-state index in [9.17, 15) is 13.6 Å². The van der Waals surface area contributed by atoms with Gasteiger partial charge >= 0.3 is 0 Å². The highest BCUT2D eigenvalue weighted by Crippen LogP contribution is 2.34. The fourth-order valence-electron chi connectivity index (χ4n) is 3.02. The molecule has 0 atom stereocenters. The van der Waals surface area contributed by atoms with Gasteiger partial charge in [-0.3, -0.25) is 9.18 Å². The minimum atomic E-state index is -0.546. The molecular formula is C24H24F2N2O4. The first-order chi connectivity index (χ1) is 15.5. The number of alkyl halides is 1. The average molecular weight is 442 g/mol. The largest absolute Gasteiger partial charge is 0.497 e. The molecule has 0 aliphatic rings. The maximum absolute atomic E-state index is 14.1. The standard InChI is InChI=1S/C24H24F2N2O4/c1-17(29)28(16-18-15-19(30-2)10-11-22(18)31-14-6-12-25)21-8-5-13-27-24(21)32-23-9-4-3-7-20(23)26/h3-5,7-11,13,15H,6,12,14,16H2,1-2H3. The van der Waals surface area contributed by atoms with Crippen molar-refractivity contribution in [2.45, 2.75) is 19.9 Å². The Kier molecular flexibility index (Phi) is 7.96. The quantitative estimate of drug-likeness (QED) is 0.398. The number of amides is 1. The van der Waals surface area contributed by atoms with Crippen LogP contribution < -0.4 is 19.1 Å². The number of rotatable bonds is 10. The van der Waals surface area contributed by atoms with Crippen LogP contribution in [0.4, 0.5) is 14.5 Å². The van der Waals surface area contributed by atoms with Crippen LogP contribution >= 0.6 is 0 Å². The summed E-state index contributed by atoms with van der Waals surface area (Å²) in [5, 5.41) is 0. The van der Waals surface area contributed by atoms with E-state index in [2.05, 4.69) is 4.98 Å². The first-order valence-electron chi connectivity index (χ1n) is 10.0. The van der Waals surface area contributed by atoms with Crippen LogP contribution in [0.3, 0.4) is 0 Å². The molecule has 168 valence electrons. The van der Waals surface area contributed by atoms with E-state index in [1.807, 2.05) is 0 Å². The highest BCUT2D eigenvalue weighted by atomic mass is 19.1. The Labute approximate surface area is 185 Å². The molecule has 0 aliphatic heterocycles. The number of carbonyl (C=O) groups is 1. The lowest BCUT2D eigenvalue weighted by Crippen LogP contribution is -2.28. The van der Waals surface area contributed by atoms with Crippen molar-refractivity contribution >= 4 is 11.6 Å². The molecule has 6 nitrogen and oxygen atoms in total. The highest BCUT2D eigenvalue weighted by Gasteiger charge is 2.21. The minimum Gasteiger partial charge on any atom is -0.497 e. The summed E-state index contributed by atoms with van der Waals surface area (Å²) in [7, 11) is 1.53. The Bertz CT molecular complexity index is 1060. The molecule has 1 amide bonds. The van der Waals surface area contributed by atoms with Gasteiger partial charge in [-0.1, -0.05) is 12.1 Å². The molecule has 0 N–H and O–H groups in total. The first-order valence-corrected chi connectivity index (χ1v) is 10.0. The molecule has 1 aromatic heterocycles. The number of anilines is 1. The van der Waals surface area contributed by atoms with E-state index in [4.69, 9.17) is 14.2 Å². The van der Waals surface area contributed by atoms with E-state index in [0.717, 1.165) is 0 Å². The lowest BCUT2D eigenvalue weighted by Gasteiger charge is -2.24. The number of carbonyl (C=O) groups excluding carboxylic acids is 1. The predicted molar refractivity (Wildman–Crippen MR) is 117 cm³/mol. The molecule has 0 bridgehead atoms. The summed E-state index contributed by atoms with van der Waals surface area (Å²) in [5.74, 6) is 0.327. The monoisotopic (exact) mass is 442 g/mol. The van der Waals surface area contributed by atoms with Crippen molar-refractivity contribution in [3.63, 3.8) is 0 Å². The number of aromatic nitrogens is 1. The van der Waals surface area contributed by atoms with E-state index >= 15 is 0 Å². The third-order valence-corrected chi connectivity index (χ3v) is 4.60. The topological polar surface area (TPSA) is 60.9 Å². The summed E-state index contributed by atoms with van der Waals surface area (Å²) in [5.41, 5.74) is 1.01. The Balaban J connectivity index is 1.95. The fourth-order valence-corrected chi connectivity index (χ4v) is 3.02. The summed E-state index contributed by atoms with van der Waals surface area (Å²) in [6, 6.07) is 14.4. The molecule has 0 unspecified atom stereocenters. The van der Waals surface area contributed by atoms with Crippen LogP contribution in [0.25, 0.3) is 0 Å². The van der Waals surface area contributed by atoms with Gasteiger partial charge in [0.2, 0.25) is 11.8 Å². The maximum atomic E-state index is 14.1. The lowest BCUT2D eigenvalue weighted by molar-refractivity contribution is -0.116. The van der Waals surface area contributed by atoms with Gasteiger partial charge in [0.1, 0.15) is 17.2 Å². The maximum Gasteiger partial charge on any atom is 0.243 e. The van der Waals surface area contributed by atoms with Gasteiger partial charge in [-0.2, -0.15) is 0 Å².